The van der Waals surface area contributed by atoms with Crippen LogP contribution in [0, 0.1) is 6.92 Å². The predicted molar refractivity (Wildman–Crippen MR) is 77.3 cm³/mol. The number of aryl methyl sites for hydroxylation is 1. The lowest BCUT2D eigenvalue weighted by molar-refractivity contribution is 0.0999. The number of rotatable bonds is 6. The minimum Gasteiger partial charge on any atom is -0.465 e. The molecule has 0 radical (unpaired) electrons. The highest BCUT2D eigenvalue weighted by molar-refractivity contribution is 7.72. The Morgan fingerprint density at radius 3 is 2.10 bits per heavy atom. The smallest absolute Gasteiger partial charge is 0.401 e. The summed E-state index contributed by atoms with van der Waals surface area (Å²) in [6.07, 6.45) is 0. The summed E-state index contributed by atoms with van der Waals surface area (Å²) in [7, 11) is -3.80. The average molecular weight is 302 g/mol. The minimum absolute atomic E-state index is 0.145. The molecular formula is C14H23O5P. The van der Waals surface area contributed by atoms with E-state index >= 15 is 0 Å². The van der Waals surface area contributed by atoms with Gasteiger partial charge in [-0.15, -0.1) is 0 Å². The Balaban J connectivity index is 3.20. The van der Waals surface area contributed by atoms with Gasteiger partial charge in [0.05, 0.1) is 18.8 Å². The highest BCUT2D eigenvalue weighted by atomic mass is 31.2. The zero-order valence-electron chi connectivity index (χ0n) is 13.0. The number of furan rings is 1. The van der Waals surface area contributed by atoms with Crippen molar-refractivity contribution in [3.8, 4) is 0 Å². The van der Waals surface area contributed by atoms with E-state index in [-0.39, 0.29) is 24.2 Å². The standard InChI is InChI=1S/C14H23O5P/c1-7-17-20(16,18-8-2)13(15)11-9-12(14(4,5)6)19-10(11)3/h9H,7-8H2,1-6H3. The lowest BCUT2D eigenvalue weighted by Crippen LogP contribution is -2.10. The van der Waals surface area contributed by atoms with E-state index in [9.17, 15) is 9.36 Å². The van der Waals surface area contributed by atoms with Crippen molar-refractivity contribution in [2.45, 2.75) is 47.0 Å². The quantitative estimate of drug-likeness (QED) is 0.733. The second kappa shape index (κ2) is 6.25. The fraction of sp³-hybridized carbons (Fsp3) is 0.643. The summed E-state index contributed by atoms with van der Waals surface area (Å²) >= 11 is 0. The molecule has 0 spiro atoms. The molecule has 5 nitrogen and oxygen atoms in total. The lowest BCUT2D eigenvalue weighted by atomic mass is 9.93. The number of carbonyl (C=O) groups excluding carboxylic acids is 1. The Kier molecular flexibility index (Phi) is 5.36. The van der Waals surface area contributed by atoms with Crippen LogP contribution in [-0.4, -0.2) is 18.7 Å². The van der Waals surface area contributed by atoms with Crippen LogP contribution < -0.4 is 0 Å². The molecule has 0 atom stereocenters. The molecule has 0 saturated carbocycles. The molecule has 0 unspecified atom stereocenters. The third-order valence-corrected chi connectivity index (χ3v) is 4.67. The maximum absolute atomic E-state index is 12.5. The second-order valence-electron chi connectivity index (χ2n) is 5.47. The van der Waals surface area contributed by atoms with Crippen molar-refractivity contribution in [3.05, 3.63) is 23.2 Å². The minimum atomic E-state index is -3.80. The van der Waals surface area contributed by atoms with E-state index in [1.165, 1.54) is 0 Å². The van der Waals surface area contributed by atoms with Gasteiger partial charge in [0.25, 0.3) is 5.52 Å². The molecule has 1 aromatic rings. The van der Waals surface area contributed by atoms with Gasteiger partial charge in [-0.3, -0.25) is 9.36 Å². The lowest BCUT2D eigenvalue weighted by Gasteiger charge is -2.15. The zero-order valence-corrected chi connectivity index (χ0v) is 13.9. The van der Waals surface area contributed by atoms with Gasteiger partial charge in [-0.2, -0.15) is 0 Å². The summed E-state index contributed by atoms with van der Waals surface area (Å²) in [4.78, 5) is 12.4. The van der Waals surface area contributed by atoms with Crippen LogP contribution in [0.5, 0.6) is 0 Å². The Labute approximate surface area is 120 Å². The number of carbonyl (C=O) groups is 1. The van der Waals surface area contributed by atoms with Crippen molar-refractivity contribution in [1.82, 2.24) is 0 Å². The molecule has 1 rings (SSSR count). The van der Waals surface area contributed by atoms with E-state index in [1.54, 1.807) is 26.8 Å². The summed E-state index contributed by atoms with van der Waals surface area (Å²) in [6, 6.07) is 1.63. The largest absolute Gasteiger partial charge is 0.465 e. The highest BCUT2D eigenvalue weighted by Crippen LogP contribution is 2.52. The maximum Gasteiger partial charge on any atom is 0.401 e. The fourth-order valence-corrected chi connectivity index (χ4v) is 3.21. The molecule has 0 bridgehead atoms. The molecule has 114 valence electrons. The average Bonchev–Trinajstić information content (AvgIpc) is 2.70. The molecule has 20 heavy (non-hydrogen) atoms. The molecule has 0 aromatic carbocycles. The first-order chi connectivity index (χ1) is 9.15. The van der Waals surface area contributed by atoms with E-state index in [4.69, 9.17) is 13.5 Å². The van der Waals surface area contributed by atoms with Crippen LogP contribution in [0.15, 0.2) is 10.5 Å². The molecule has 0 fully saturated rings. The molecule has 0 N–H and O–H groups in total. The van der Waals surface area contributed by atoms with Gasteiger partial charge in [0.15, 0.2) is 0 Å². The topological polar surface area (TPSA) is 65.7 Å². The second-order valence-corrected chi connectivity index (χ2v) is 7.39. The van der Waals surface area contributed by atoms with Crippen LogP contribution in [0.1, 0.15) is 56.5 Å². The first kappa shape index (κ1) is 17.2. The Morgan fingerprint density at radius 2 is 1.75 bits per heavy atom. The van der Waals surface area contributed by atoms with Gasteiger partial charge in [0, 0.05) is 5.41 Å². The highest BCUT2D eigenvalue weighted by Gasteiger charge is 2.38. The number of hydrogen-bond donors (Lipinski definition) is 0. The van der Waals surface area contributed by atoms with Crippen molar-refractivity contribution in [2.75, 3.05) is 13.2 Å². The van der Waals surface area contributed by atoms with Crippen LogP contribution in [0.25, 0.3) is 0 Å². The molecule has 1 heterocycles. The van der Waals surface area contributed by atoms with Gasteiger partial charge in [-0.25, -0.2) is 0 Å². The van der Waals surface area contributed by atoms with E-state index in [1.807, 2.05) is 20.8 Å². The molecule has 0 aliphatic rings. The van der Waals surface area contributed by atoms with Crippen molar-refractivity contribution < 1.29 is 22.8 Å². The fourth-order valence-electron chi connectivity index (χ4n) is 1.71. The molecular weight excluding hydrogens is 279 g/mol. The SMILES string of the molecule is CCOP(=O)(OCC)C(=O)c1cc(C(C)(C)C)oc1C. The van der Waals surface area contributed by atoms with Gasteiger partial charge in [-0.1, -0.05) is 20.8 Å². The maximum atomic E-state index is 12.5. The van der Waals surface area contributed by atoms with Crippen LogP contribution in [0.4, 0.5) is 0 Å². The molecule has 6 heteroatoms. The van der Waals surface area contributed by atoms with E-state index < -0.39 is 13.1 Å². The number of hydrogen-bond acceptors (Lipinski definition) is 5. The van der Waals surface area contributed by atoms with Crippen LogP contribution in [-0.2, 0) is 19.0 Å². The first-order valence-corrected chi connectivity index (χ1v) is 8.25. The van der Waals surface area contributed by atoms with E-state index in [0.29, 0.717) is 11.5 Å². The van der Waals surface area contributed by atoms with Crippen LogP contribution >= 0.6 is 7.60 Å². The van der Waals surface area contributed by atoms with Gasteiger partial charge in [0.1, 0.15) is 11.5 Å². The Morgan fingerprint density at radius 1 is 1.25 bits per heavy atom. The summed E-state index contributed by atoms with van der Waals surface area (Å²) in [5.41, 5.74) is -0.608. The third-order valence-electron chi connectivity index (χ3n) is 2.73. The van der Waals surface area contributed by atoms with Crippen molar-refractivity contribution in [3.63, 3.8) is 0 Å². The monoisotopic (exact) mass is 302 g/mol. The van der Waals surface area contributed by atoms with E-state index in [0.717, 1.165) is 0 Å². The Bertz CT molecular complexity index is 514. The summed E-state index contributed by atoms with van der Waals surface area (Å²) in [5.74, 6) is 1.09. The zero-order chi connectivity index (χ0) is 15.6. The summed E-state index contributed by atoms with van der Waals surface area (Å²) in [6.45, 7) is 11.2. The molecule has 0 aliphatic carbocycles. The summed E-state index contributed by atoms with van der Waals surface area (Å²) in [5, 5.41) is 0. The van der Waals surface area contributed by atoms with Crippen LogP contribution in [0.3, 0.4) is 0 Å². The van der Waals surface area contributed by atoms with Crippen molar-refractivity contribution >= 4 is 13.1 Å². The van der Waals surface area contributed by atoms with Gasteiger partial charge < -0.3 is 13.5 Å². The Hall–Kier alpha value is -0.900. The molecule has 0 saturated heterocycles. The van der Waals surface area contributed by atoms with Crippen LogP contribution in [0.2, 0.25) is 0 Å². The van der Waals surface area contributed by atoms with Gasteiger partial charge >= 0.3 is 7.60 Å². The predicted octanol–water partition coefficient (Wildman–Crippen LogP) is 4.29. The van der Waals surface area contributed by atoms with Gasteiger partial charge in [0.2, 0.25) is 0 Å². The first-order valence-electron chi connectivity index (χ1n) is 6.70. The molecule has 0 aliphatic heterocycles. The van der Waals surface area contributed by atoms with Crippen molar-refractivity contribution in [2.24, 2.45) is 0 Å². The molecule has 1 aromatic heterocycles. The normalized spacial score (nSPS) is 12.7. The third kappa shape index (κ3) is 3.60. The molecule has 0 amide bonds. The summed E-state index contributed by atoms with van der Waals surface area (Å²) < 4.78 is 28.2. The van der Waals surface area contributed by atoms with Gasteiger partial charge in [-0.05, 0) is 26.8 Å². The van der Waals surface area contributed by atoms with Crippen molar-refractivity contribution in [1.29, 1.82) is 0 Å². The van der Waals surface area contributed by atoms with E-state index in [2.05, 4.69) is 0 Å².